The maximum absolute atomic E-state index is 12.4. The number of Topliss-reactive ketones (excluding diaryl/α,β-unsaturated/α-hetero) is 1. The van der Waals surface area contributed by atoms with Crippen molar-refractivity contribution in [3.8, 4) is 0 Å². The summed E-state index contributed by atoms with van der Waals surface area (Å²) in [5, 5.41) is 0. The van der Waals surface area contributed by atoms with Gasteiger partial charge in [0.05, 0.1) is 0 Å². The van der Waals surface area contributed by atoms with E-state index in [1.807, 2.05) is 13.0 Å². The van der Waals surface area contributed by atoms with Gasteiger partial charge in [0.25, 0.3) is 0 Å². The van der Waals surface area contributed by atoms with Crippen molar-refractivity contribution in [1.82, 2.24) is 0 Å². The van der Waals surface area contributed by atoms with Crippen LogP contribution in [0.1, 0.15) is 37.7 Å². The SMILES string of the molecule is CCOC(C(=O)C1CC1c1ccccc1)C1CC1. The van der Waals surface area contributed by atoms with Crippen molar-refractivity contribution in [3.05, 3.63) is 35.9 Å². The first-order valence-electron chi connectivity index (χ1n) is 7.01. The lowest BCUT2D eigenvalue weighted by molar-refractivity contribution is -0.133. The number of hydrogen-bond donors (Lipinski definition) is 0. The Bertz CT molecular complexity index is 422. The predicted octanol–water partition coefficient (Wildman–Crippen LogP) is 3.17. The Hall–Kier alpha value is -1.15. The summed E-state index contributed by atoms with van der Waals surface area (Å²) in [7, 11) is 0. The Morgan fingerprint density at radius 3 is 2.67 bits per heavy atom. The van der Waals surface area contributed by atoms with Gasteiger partial charge in [0, 0.05) is 12.5 Å². The number of ketones is 1. The zero-order valence-corrected chi connectivity index (χ0v) is 10.8. The minimum Gasteiger partial charge on any atom is -0.370 e. The monoisotopic (exact) mass is 244 g/mol. The molecule has 3 atom stereocenters. The molecular weight excluding hydrogens is 224 g/mol. The van der Waals surface area contributed by atoms with Crippen molar-refractivity contribution < 1.29 is 9.53 Å². The summed E-state index contributed by atoms with van der Waals surface area (Å²) in [5.74, 6) is 1.52. The van der Waals surface area contributed by atoms with Crippen LogP contribution in [0.2, 0.25) is 0 Å². The van der Waals surface area contributed by atoms with Gasteiger partial charge in [-0.3, -0.25) is 4.79 Å². The molecule has 0 heterocycles. The Balaban J connectivity index is 1.64. The molecule has 2 aliphatic carbocycles. The van der Waals surface area contributed by atoms with Gasteiger partial charge in [0.2, 0.25) is 0 Å². The summed E-state index contributed by atoms with van der Waals surface area (Å²) in [6.45, 7) is 2.62. The summed E-state index contributed by atoms with van der Waals surface area (Å²) in [6.07, 6.45) is 3.23. The van der Waals surface area contributed by atoms with Gasteiger partial charge in [-0.15, -0.1) is 0 Å². The van der Waals surface area contributed by atoms with Crippen LogP contribution in [0.4, 0.5) is 0 Å². The molecule has 0 aromatic heterocycles. The molecule has 0 saturated heterocycles. The highest BCUT2D eigenvalue weighted by Gasteiger charge is 2.49. The van der Waals surface area contributed by atoms with E-state index >= 15 is 0 Å². The Morgan fingerprint density at radius 1 is 1.33 bits per heavy atom. The number of carbonyl (C=O) groups excluding carboxylic acids is 1. The molecule has 0 aliphatic heterocycles. The fourth-order valence-electron chi connectivity index (χ4n) is 2.82. The fourth-order valence-corrected chi connectivity index (χ4v) is 2.82. The highest BCUT2D eigenvalue weighted by molar-refractivity contribution is 5.89. The van der Waals surface area contributed by atoms with E-state index in [4.69, 9.17) is 4.74 Å². The van der Waals surface area contributed by atoms with Crippen LogP contribution >= 0.6 is 0 Å². The van der Waals surface area contributed by atoms with Crippen molar-refractivity contribution in [2.45, 2.75) is 38.2 Å². The first-order chi connectivity index (χ1) is 8.81. The third-order valence-electron chi connectivity index (χ3n) is 4.06. The van der Waals surface area contributed by atoms with Gasteiger partial charge in [-0.1, -0.05) is 30.3 Å². The second-order valence-corrected chi connectivity index (χ2v) is 5.48. The highest BCUT2D eigenvalue weighted by Crippen LogP contribution is 2.50. The molecule has 1 aromatic rings. The molecule has 2 fully saturated rings. The molecule has 2 saturated carbocycles. The molecule has 0 bridgehead atoms. The van der Waals surface area contributed by atoms with Crippen molar-refractivity contribution in [1.29, 1.82) is 0 Å². The Labute approximate surface area is 108 Å². The van der Waals surface area contributed by atoms with E-state index in [1.54, 1.807) is 0 Å². The molecule has 0 amide bonds. The van der Waals surface area contributed by atoms with Gasteiger partial charge in [0.15, 0.2) is 5.78 Å². The van der Waals surface area contributed by atoms with E-state index in [-0.39, 0.29) is 12.0 Å². The van der Waals surface area contributed by atoms with E-state index in [1.165, 1.54) is 18.4 Å². The standard InChI is InChI=1S/C16H20O2/c1-2-18-16(12-8-9-12)15(17)14-10-13(14)11-6-4-3-5-7-11/h3-7,12-14,16H,2,8-10H2,1H3. The minimum atomic E-state index is -0.117. The number of benzene rings is 1. The summed E-state index contributed by atoms with van der Waals surface area (Å²) in [5.41, 5.74) is 1.31. The third-order valence-corrected chi connectivity index (χ3v) is 4.06. The lowest BCUT2D eigenvalue weighted by Crippen LogP contribution is -2.28. The van der Waals surface area contributed by atoms with Gasteiger partial charge < -0.3 is 4.74 Å². The summed E-state index contributed by atoms with van der Waals surface area (Å²) in [4.78, 5) is 12.4. The molecule has 0 radical (unpaired) electrons. The minimum absolute atomic E-state index is 0.117. The van der Waals surface area contributed by atoms with E-state index in [0.29, 0.717) is 24.2 Å². The molecule has 1 aromatic carbocycles. The maximum atomic E-state index is 12.4. The zero-order valence-electron chi connectivity index (χ0n) is 10.8. The van der Waals surface area contributed by atoms with Crippen molar-refractivity contribution in [2.75, 3.05) is 6.61 Å². The van der Waals surface area contributed by atoms with Crippen LogP contribution in [-0.4, -0.2) is 18.5 Å². The molecule has 0 N–H and O–H groups in total. The van der Waals surface area contributed by atoms with Crippen LogP contribution in [0.15, 0.2) is 30.3 Å². The zero-order chi connectivity index (χ0) is 12.5. The lowest BCUT2D eigenvalue weighted by atomic mass is 10.0. The first-order valence-corrected chi connectivity index (χ1v) is 7.01. The molecule has 96 valence electrons. The summed E-state index contributed by atoms with van der Waals surface area (Å²) >= 11 is 0. The van der Waals surface area contributed by atoms with Crippen LogP contribution in [0.3, 0.4) is 0 Å². The van der Waals surface area contributed by atoms with E-state index in [2.05, 4.69) is 24.3 Å². The molecule has 0 spiro atoms. The summed E-state index contributed by atoms with van der Waals surface area (Å²) < 4.78 is 5.66. The van der Waals surface area contributed by atoms with E-state index in [0.717, 1.165) is 6.42 Å². The van der Waals surface area contributed by atoms with Crippen LogP contribution in [0, 0.1) is 11.8 Å². The third kappa shape index (κ3) is 2.35. The van der Waals surface area contributed by atoms with Gasteiger partial charge in [-0.25, -0.2) is 0 Å². The molecule has 2 heteroatoms. The average molecular weight is 244 g/mol. The van der Waals surface area contributed by atoms with Gasteiger partial charge in [0.1, 0.15) is 6.10 Å². The topological polar surface area (TPSA) is 26.3 Å². The van der Waals surface area contributed by atoms with Crippen molar-refractivity contribution in [3.63, 3.8) is 0 Å². The second-order valence-electron chi connectivity index (χ2n) is 5.48. The average Bonchev–Trinajstić information content (AvgIpc) is 3.29. The van der Waals surface area contributed by atoms with Gasteiger partial charge in [-0.05, 0) is 43.6 Å². The molecule has 2 nitrogen and oxygen atoms in total. The summed E-state index contributed by atoms with van der Waals surface area (Å²) in [6, 6.07) is 10.4. The van der Waals surface area contributed by atoms with Crippen LogP contribution in [0.25, 0.3) is 0 Å². The van der Waals surface area contributed by atoms with Gasteiger partial charge in [-0.2, -0.15) is 0 Å². The number of ether oxygens (including phenoxy) is 1. The number of carbonyl (C=O) groups is 1. The number of hydrogen-bond acceptors (Lipinski definition) is 2. The molecule has 3 unspecified atom stereocenters. The molecule has 2 aliphatic rings. The highest BCUT2D eigenvalue weighted by atomic mass is 16.5. The Kier molecular flexibility index (Phi) is 3.21. The van der Waals surface area contributed by atoms with Crippen LogP contribution in [-0.2, 0) is 9.53 Å². The van der Waals surface area contributed by atoms with Crippen molar-refractivity contribution in [2.24, 2.45) is 11.8 Å². The lowest BCUT2D eigenvalue weighted by Gasteiger charge is -2.15. The molecule has 18 heavy (non-hydrogen) atoms. The molecule has 3 rings (SSSR count). The largest absolute Gasteiger partial charge is 0.370 e. The maximum Gasteiger partial charge on any atom is 0.165 e. The second kappa shape index (κ2) is 4.85. The quantitative estimate of drug-likeness (QED) is 0.768. The normalized spacial score (nSPS) is 27.8. The van der Waals surface area contributed by atoms with E-state index in [9.17, 15) is 4.79 Å². The molecular formula is C16H20O2. The van der Waals surface area contributed by atoms with Crippen LogP contribution < -0.4 is 0 Å². The number of rotatable bonds is 6. The Morgan fingerprint density at radius 2 is 2.06 bits per heavy atom. The van der Waals surface area contributed by atoms with E-state index < -0.39 is 0 Å². The van der Waals surface area contributed by atoms with Gasteiger partial charge >= 0.3 is 0 Å². The van der Waals surface area contributed by atoms with Crippen molar-refractivity contribution >= 4 is 5.78 Å². The predicted molar refractivity (Wildman–Crippen MR) is 70.4 cm³/mol. The fraction of sp³-hybridized carbons (Fsp3) is 0.562. The van der Waals surface area contributed by atoms with Crippen LogP contribution in [0.5, 0.6) is 0 Å². The first kappa shape index (κ1) is 11.9. The smallest absolute Gasteiger partial charge is 0.165 e.